The van der Waals surface area contributed by atoms with Gasteiger partial charge in [-0.25, -0.2) is 4.98 Å². The maximum absolute atomic E-state index is 6.29. The summed E-state index contributed by atoms with van der Waals surface area (Å²) in [7, 11) is 0. The van der Waals surface area contributed by atoms with Crippen molar-refractivity contribution in [3.05, 3.63) is 72.0 Å². The summed E-state index contributed by atoms with van der Waals surface area (Å²) in [5.41, 5.74) is 4.77. The van der Waals surface area contributed by atoms with Gasteiger partial charge < -0.3 is 9.88 Å². The van der Waals surface area contributed by atoms with Gasteiger partial charge in [-0.2, -0.15) is 4.80 Å². The van der Waals surface area contributed by atoms with E-state index in [4.69, 9.17) is 11.6 Å². The second kappa shape index (κ2) is 8.87. The highest BCUT2D eigenvalue weighted by molar-refractivity contribution is 6.35. The van der Waals surface area contributed by atoms with Crippen molar-refractivity contribution >= 4 is 28.3 Å². The van der Waals surface area contributed by atoms with E-state index in [-0.39, 0.29) is 0 Å². The topological polar surface area (TPSA) is 88.4 Å². The Morgan fingerprint density at radius 3 is 2.59 bits per heavy atom. The fourth-order valence-corrected chi connectivity index (χ4v) is 4.75. The van der Waals surface area contributed by atoms with Gasteiger partial charge in [-0.15, -0.1) is 10.2 Å². The number of aromatic amines is 1. The first-order chi connectivity index (χ1) is 16.7. The zero-order valence-electron chi connectivity index (χ0n) is 18.5. The van der Waals surface area contributed by atoms with Crippen LogP contribution in [0, 0.1) is 5.92 Å². The van der Waals surface area contributed by atoms with Crippen LogP contribution in [0.3, 0.4) is 0 Å². The Kier molecular flexibility index (Phi) is 5.43. The first kappa shape index (κ1) is 20.8. The molecule has 5 aromatic rings. The van der Waals surface area contributed by atoms with E-state index >= 15 is 0 Å². The molecule has 0 bridgehead atoms. The van der Waals surface area contributed by atoms with Crippen LogP contribution in [-0.4, -0.2) is 48.2 Å². The second-order valence-corrected chi connectivity index (χ2v) is 9.01. The molecule has 0 radical (unpaired) electrons. The molecule has 1 aliphatic rings. The third kappa shape index (κ3) is 4.12. The molecule has 4 heterocycles. The molecular weight excluding hydrogens is 448 g/mol. The normalized spacial score (nSPS) is 14.7. The lowest BCUT2D eigenvalue weighted by Gasteiger charge is -2.33. The van der Waals surface area contributed by atoms with Gasteiger partial charge in [-0.1, -0.05) is 35.9 Å². The van der Waals surface area contributed by atoms with E-state index in [0.717, 1.165) is 60.5 Å². The SMILES string of the molecule is Clc1cccc2[nH]c(-c3cccc(-c4nnn(CC5CCN(c6ccncc6)CC5)n4)c3)nc12. The van der Waals surface area contributed by atoms with E-state index in [2.05, 4.69) is 47.4 Å². The van der Waals surface area contributed by atoms with E-state index < -0.39 is 0 Å². The molecule has 0 saturated carbocycles. The minimum atomic E-state index is 0.534. The predicted molar refractivity (Wildman–Crippen MR) is 133 cm³/mol. The molecule has 1 N–H and O–H groups in total. The smallest absolute Gasteiger partial charge is 0.204 e. The number of tetrazole rings is 1. The molecule has 0 unspecified atom stereocenters. The number of nitrogens with one attached hydrogen (secondary N) is 1. The number of anilines is 1. The van der Waals surface area contributed by atoms with Gasteiger partial charge in [-0.3, -0.25) is 4.98 Å². The van der Waals surface area contributed by atoms with Crippen molar-refractivity contribution in [3.8, 4) is 22.8 Å². The van der Waals surface area contributed by atoms with Crippen LogP contribution in [-0.2, 0) is 6.54 Å². The Hall–Kier alpha value is -3.78. The lowest BCUT2D eigenvalue weighted by Crippen LogP contribution is -2.35. The number of benzene rings is 2. The summed E-state index contributed by atoms with van der Waals surface area (Å²) in [6.45, 7) is 2.83. The molecule has 34 heavy (non-hydrogen) atoms. The molecule has 0 atom stereocenters. The minimum absolute atomic E-state index is 0.534. The van der Waals surface area contributed by atoms with Crippen molar-refractivity contribution in [1.82, 2.24) is 35.2 Å². The number of piperidine rings is 1. The van der Waals surface area contributed by atoms with Crippen LogP contribution in [0.25, 0.3) is 33.8 Å². The van der Waals surface area contributed by atoms with Gasteiger partial charge in [0.2, 0.25) is 5.82 Å². The molecule has 0 aliphatic carbocycles. The van der Waals surface area contributed by atoms with Crippen LogP contribution >= 0.6 is 11.6 Å². The first-order valence-corrected chi connectivity index (χ1v) is 11.8. The van der Waals surface area contributed by atoms with Crippen LogP contribution in [0.5, 0.6) is 0 Å². The van der Waals surface area contributed by atoms with Gasteiger partial charge in [0.05, 0.1) is 17.1 Å². The summed E-state index contributed by atoms with van der Waals surface area (Å²) in [4.78, 5) is 16.3. The van der Waals surface area contributed by atoms with E-state index in [1.165, 1.54) is 5.69 Å². The number of halogens is 1. The summed E-state index contributed by atoms with van der Waals surface area (Å²) < 4.78 is 0. The number of hydrogen-bond acceptors (Lipinski definition) is 6. The molecule has 9 heteroatoms. The number of aromatic nitrogens is 7. The second-order valence-electron chi connectivity index (χ2n) is 8.61. The number of hydrogen-bond donors (Lipinski definition) is 1. The van der Waals surface area contributed by atoms with Crippen molar-refractivity contribution in [3.63, 3.8) is 0 Å². The van der Waals surface area contributed by atoms with Gasteiger partial charge in [0.1, 0.15) is 11.3 Å². The van der Waals surface area contributed by atoms with E-state index in [0.29, 0.717) is 16.8 Å². The molecule has 8 nitrogen and oxygen atoms in total. The summed E-state index contributed by atoms with van der Waals surface area (Å²) in [5.74, 6) is 1.91. The van der Waals surface area contributed by atoms with Gasteiger partial charge >= 0.3 is 0 Å². The highest BCUT2D eigenvalue weighted by atomic mass is 35.5. The molecule has 3 aromatic heterocycles. The third-order valence-electron chi connectivity index (χ3n) is 6.37. The summed E-state index contributed by atoms with van der Waals surface area (Å²) in [5, 5.41) is 13.9. The summed E-state index contributed by atoms with van der Waals surface area (Å²) >= 11 is 6.29. The van der Waals surface area contributed by atoms with Crippen LogP contribution in [0.2, 0.25) is 5.02 Å². The maximum atomic E-state index is 6.29. The number of para-hydroxylation sites is 1. The Bertz CT molecular complexity index is 1420. The number of imidazole rings is 1. The highest BCUT2D eigenvalue weighted by Gasteiger charge is 2.21. The van der Waals surface area contributed by atoms with Crippen LogP contribution in [0.4, 0.5) is 5.69 Å². The zero-order chi connectivity index (χ0) is 22.9. The average Bonchev–Trinajstić information content (AvgIpc) is 3.54. The van der Waals surface area contributed by atoms with Crippen molar-refractivity contribution in [2.24, 2.45) is 5.92 Å². The lowest BCUT2D eigenvalue weighted by molar-refractivity contribution is 0.320. The van der Waals surface area contributed by atoms with Crippen LogP contribution in [0.1, 0.15) is 12.8 Å². The number of pyridine rings is 1. The number of rotatable bonds is 5. The zero-order valence-corrected chi connectivity index (χ0v) is 19.2. The Morgan fingerprint density at radius 1 is 0.971 bits per heavy atom. The van der Waals surface area contributed by atoms with Crippen molar-refractivity contribution in [1.29, 1.82) is 0 Å². The number of fused-ring (bicyclic) bond motifs is 1. The van der Waals surface area contributed by atoms with E-state index in [9.17, 15) is 0 Å². The van der Waals surface area contributed by atoms with Crippen LogP contribution < -0.4 is 4.90 Å². The lowest BCUT2D eigenvalue weighted by atomic mass is 9.96. The van der Waals surface area contributed by atoms with Gasteiger partial charge in [0.25, 0.3) is 0 Å². The van der Waals surface area contributed by atoms with Gasteiger partial charge in [0.15, 0.2) is 0 Å². The monoisotopic (exact) mass is 470 g/mol. The third-order valence-corrected chi connectivity index (χ3v) is 6.68. The quantitative estimate of drug-likeness (QED) is 0.395. The Balaban J connectivity index is 1.15. The summed E-state index contributed by atoms with van der Waals surface area (Å²) in [6, 6.07) is 17.9. The first-order valence-electron chi connectivity index (χ1n) is 11.4. The molecule has 6 rings (SSSR count). The number of nitrogens with zero attached hydrogens (tertiary/aromatic N) is 7. The molecular formula is C25H23ClN8. The molecule has 0 spiro atoms. The van der Waals surface area contributed by atoms with Crippen molar-refractivity contribution in [2.75, 3.05) is 18.0 Å². The largest absolute Gasteiger partial charge is 0.371 e. The fourth-order valence-electron chi connectivity index (χ4n) is 4.54. The average molecular weight is 471 g/mol. The molecule has 170 valence electrons. The minimum Gasteiger partial charge on any atom is -0.371 e. The van der Waals surface area contributed by atoms with Crippen molar-refractivity contribution < 1.29 is 0 Å². The highest BCUT2D eigenvalue weighted by Crippen LogP contribution is 2.28. The van der Waals surface area contributed by atoms with Gasteiger partial charge in [0, 0.05) is 42.3 Å². The Morgan fingerprint density at radius 2 is 1.76 bits per heavy atom. The Labute approximate surface area is 201 Å². The van der Waals surface area contributed by atoms with Crippen LogP contribution in [0.15, 0.2) is 67.0 Å². The maximum Gasteiger partial charge on any atom is 0.204 e. The van der Waals surface area contributed by atoms with E-state index in [1.807, 2.05) is 54.9 Å². The molecule has 1 saturated heterocycles. The van der Waals surface area contributed by atoms with Gasteiger partial charge in [-0.05, 0) is 54.3 Å². The standard InChI is InChI=1S/C25H23ClN8/c26-21-5-2-6-22-23(21)29-24(28-22)18-3-1-4-19(15-18)25-30-32-34(31-25)16-17-9-13-33(14-10-17)20-7-11-27-12-8-20/h1-8,11-12,15,17H,9-10,13-14,16H2,(H,28,29). The number of H-pyrrole nitrogens is 1. The fraction of sp³-hybridized carbons (Fsp3) is 0.240. The predicted octanol–water partition coefficient (Wildman–Crippen LogP) is 4.85. The van der Waals surface area contributed by atoms with Crippen molar-refractivity contribution in [2.45, 2.75) is 19.4 Å². The molecule has 1 fully saturated rings. The molecule has 0 amide bonds. The molecule has 1 aliphatic heterocycles. The summed E-state index contributed by atoms with van der Waals surface area (Å²) in [6.07, 6.45) is 5.90. The van der Waals surface area contributed by atoms with E-state index in [1.54, 1.807) is 4.80 Å². The molecule has 2 aromatic carbocycles.